The van der Waals surface area contributed by atoms with Crippen molar-refractivity contribution in [1.29, 1.82) is 0 Å². The average Bonchev–Trinajstić information content (AvgIpc) is 2.29. The van der Waals surface area contributed by atoms with E-state index in [2.05, 4.69) is 33.2 Å². The summed E-state index contributed by atoms with van der Waals surface area (Å²) >= 11 is 2.24. The van der Waals surface area contributed by atoms with Crippen LogP contribution in [0.1, 0.15) is 12.5 Å². The van der Waals surface area contributed by atoms with Crippen molar-refractivity contribution in [3.8, 4) is 0 Å². The fraction of sp³-hybridized carbons (Fsp3) is 0.417. The first-order valence-corrected chi connectivity index (χ1v) is 6.44. The Morgan fingerprint density at radius 2 is 2.24 bits per heavy atom. The van der Waals surface area contributed by atoms with Gasteiger partial charge in [0, 0.05) is 22.9 Å². The van der Waals surface area contributed by atoms with Crippen molar-refractivity contribution in [2.24, 2.45) is 0 Å². The van der Waals surface area contributed by atoms with Gasteiger partial charge < -0.3 is 15.4 Å². The summed E-state index contributed by atoms with van der Waals surface area (Å²) in [5.41, 5.74) is 1.87. The molecule has 0 saturated carbocycles. The maximum absolute atomic E-state index is 11.6. The number of rotatable bonds is 4. The SMILES string of the molecule is CO[C@H](C)CNC(=O)Nc1ccc(I)cc1C. The molecule has 0 radical (unpaired) electrons. The number of hydrogen-bond acceptors (Lipinski definition) is 2. The molecule has 0 bridgehead atoms. The third-order valence-corrected chi connectivity index (χ3v) is 3.06. The van der Waals surface area contributed by atoms with Crippen LogP contribution in [0.2, 0.25) is 0 Å². The van der Waals surface area contributed by atoms with Crippen LogP contribution in [0.15, 0.2) is 18.2 Å². The van der Waals surface area contributed by atoms with Crippen molar-refractivity contribution >= 4 is 34.3 Å². The zero-order valence-corrected chi connectivity index (χ0v) is 12.4. The maximum Gasteiger partial charge on any atom is 0.319 e. The summed E-state index contributed by atoms with van der Waals surface area (Å²) in [5, 5.41) is 5.55. The van der Waals surface area contributed by atoms with Crippen LogP contribution >= 0.6 is 22.6 Å². The monoisotopic (exact) mass is 348 g/mol. The molecule has 1 aromatic rings. The van der Waals surface area contributed by atoms with Gasteiger partial charge in [0.1, 0.15) is 0 Å². The second kappa shape index (κ2) is 6.80. The van der Waals surface area contributed by atoms with Gasteiger partial charge in [-0.25, -0.2) is 4.79 Å². The largest absolute Gasteiger partial charge is 0.380 e. The molecule has 0 heterocycles. The van der Waals surface area contributed by atoms with Crippen molar-refractivity contribution in [1.82, 2.24) is 5.32 Å². The van der Waals surface area contributed by atoms with E-state index >= 15 is 0 Å². The fourth-order valence-electron chi connectivity index (χ4n) is 1.25. The lowest BCUT2D eigenvalue weighted by Crippen LogP contribution is -2.35. The van der Waals surface area contributed by atoms with E-state index in [-0.39, 0.29) is 12.1 Å². The first-order chi connectivity index (χ1) is 8.02. The highest BCUT2D eigenvalue weighted by Gasteiger charge is 2.06. The minimum Gasteiger partial charge on any atom is -0.380 e. The van der Waals surface area contributed by atoms with E-state index in [0.717, 1.165) is 14.8 Å². The second-order valence-corrected chi connectivity index (χ2v) is 5.09. The molecule has 1 aromatic carbocycles. The third kappa shape index (κ3) is 4.91. The van der Waals surface area contributed by atoms with Gasteiger partial charge in [-0.05, 0) is 60.2 Å². The zero-order valence-electron chi connectivity index (χ0n) is 10.2. The van der Waals surface area contributed by atoms with Crippen molar-refractivity contribution in [2.75, 3.05) is 19.0 Å². The van der Waals surface area contributed by atoms with Gasteiger partial charge in [-0.1, -0.05) is 0 Å². The molecule has 1 rings (SSSR count). The van der Waals surface area contributed by atoms with Crippen molar-refractivity contribution < 1.29 is 9.53 Å². The second-order valence-electron chi connectivity index (χ2n) is 3.84. The molecule has 0 aliphatic carbocycles. The van der Waals surface area contributed by atoms with Gasteiger partial charge in [0.25, 0.3) is 0 Å². The number of aryl methyl sites for hydroxylation is 1. The Hall–Kier alpha value is -0.820. The Bertz CT molecular complexity index is 396. The topological polar surface area (TPSA) is 50.4 Å². The van der Waals surface area contributed by atoms with E-state index in [4.69, 9.17) is 4.74 Å². The number of hydrogen-bond donors (Lipinski definition) is 2. The van der Waals surface area contributed by atoms with E-state index in [1.807, 2.05) is 32.0 Å². The first kappa shape index (κ1) is 14.2. The summed E-state index contributed by atoms with van der Waals surface area (Å²) in [7, 11) is 1.62. The molecule has 94 valence electrons. The number of nitrogens with one attached hydrogen (secondary N) is 2. The van der Waals surface area contributed by atoms with E-state index in [1.165, 1.54) is 0 Å². The highest BCUT2D eigenvalue weighted by Crippen LogP contribution is 2.17. The molecule has 2 N–H and O–H groups in total. The lowest BCUT2D eigenvalue weighted by molar-refractivity contribution is 0.119. The van der Waals surface area contributed by atoms with Gasteiger partial charge in [-0.15, -0.1) is 0 Å². The van der Waals surface area contributed by atoms with Crippen LogP contribution in [0.3, 0.4) is 0 Å². The number of urea groups is 1. The quantitative estimate of drug-likeness (QED) is 0.823. The van der Waals surface area contributed by atoms with Gasteiger partial charge in [0.15, 0.2) is 0 Å². The molecule has 2 amide bonds. The number of amides is 2. The molecular formula is C12H17IN2O2. The first-order valence-electron chi connectivity index (χ1n) is 5.36. The van der Waals surface area contributed by atoms with Gasteiger partial charge in [0.2, 0.25) is 0 Å². The summed E-state index contributed by atoms with van der Waals surface area (Å²) in [6.45, 7) is 4.36. The Balaban J connectivity index is 2.50. The smallest absolute Gasteiger partial charge is 0.319 e. The Morgan fingerprint density at radius 1 is 1.53 bits per heavy atom. The Kier molecular flexibility index (Phi) is 5.70. The molecule has 0 aliphatic rings. The summed E-state index contributed by atoms with van der Waals surface area (Å²) in [4.78, 5) is 11.6. The molecule has 0 saturated heterocycles. The number of anilines is 1. The van der Waals surface area contributed by atoms with Crippen LogP contribution in [-0.2, 0) is 4.74 Å². The molecule has 1 atom stereocenters. The van der Waals surface area contributed by atoms with Crippen LogP contribution in [0.25, 0.3) is 0 Å². The van der Waals surface area contributed by atoms with Crippen LogP contribution in [0, 0.1) is 10.5 Å². The van der Waals surface area contributed by atoms with Crippen LogP contribution in [0.5, 0.6) is 0 Å². The molecule has 0 fully saturated rings. The summed E-state index contributed by atoms with van der Waals surface area (Å²) < 4.78 is 6.20. The minimum absolute atomic E-state index is 0.0126. The van der Waals surface area contributed by atoms with Crippen molar-refractivity contribution in [3.63, 3.8) is 0 Å². The van der Waals surface area contributed by atoms with E-state index in [9.17, 15) is 4.79 Å². The number of methoxy groups -OCH3 is 1. The molecule has 5 heteroatoms. The summed E-state index contributed by atoms with van der Waals surface area (Å²) in [6, 6.07) is 5.67. The number of carbonyl (C=O) groups excluding carboxylic acids is 1. The molecule has 4 nitrogen and oxygen atoms in total. The zero-order chi connectivity index (χ0) is 12.8. The number of ether oxygens (including phenoxy) is 1. The highest BCUT2D eigenvalue weighted by molar-refractivity contribution is 14.1. The molecule has 0 aliphatic heterocycles. The Labute approximate surface area is 115 Å². The predicted octanol–water partition coefficient (Wildman–Crippen LogP) is 2.76. The fourth-order valence-corrected chi connectivity index (χ4v) is 1.90. The Morgan fingerprint density at radius 3 is 2.82 bits per heavy atom. The standard InChI is InChI=1S/C12H17IN2O2/c1-8-6-10(13)4-5-11(8)15-12(16)14-7-9(2)17-3/h4-6,9H,7H2,1-3H3,(H2,14,15,16)/t9-/m1/s1. The number of carbonyl (C=O) groups is 1. The van der Waals surface area contributed by atoms with Gasteiger partial charge in [-0.3, -0.25) is 0 Å². The van der Waals surface area contributed by atoms with Gasteiger partial charge in [0.05, 0.1) is 6.10 Å². The number of benzene rings is 1. The normalized spacial score (nSPS) is 12.0. The average molecular weight is 348 g/mol. The van der Waals surface area contributed by atoms with Crippen molar-refractivity contribution in [3.05, 3.63) is 27.3 Å². The van der Waals surface area contributed by atoms with E-state index in [1.54, 1.807) is 7.11 Å². The van der Waals surface area contributed by atoms with Crippen LogP contribution in [-0.4, -0.2) is 25.8 Å². The molecule has 0 spiro atoms. The third-order valence-electron chi connectivity index (χ3n) is 2.39. The van der Waals surface area contributed by atoms with Crippen LogP contribution < -0.4 is 10.6 Å². The lowest BCUT2D eigenvalue weighted by Gasteiger charge is -2.13. The van der Waals surface area contributed by atoms with Gasteiger partial charge in [-0.2, -0.15) is 0 Å². The number of halogens is 1. The maximum atomic E-state index is 11.6. The predicted molar refractivity (Wildman–Crippen MR) is 77.4 cm³/mol. The van der Waals surface area contributed by atoms with E-state index in [0.29, 0.717) is 6.54 Å². The van der Waals surface area contributed by atoms with Crippen molar-refractivity contribution in [2.45, 2.75) is 20.0 Å². The van der Waals surface area contributed by atoms with E-state index < -0.39 is 0 Å². The molecular weight excluding hydrogens is 331 g/mol. The lowest BCUT2D eigenvalue weighted by atomic mass is 10.2. The van der Waals surface area contributed by atoms with Crippen LogP contribution in [0.4, 0.5) is 10.5 Å². The highest BCUT2D eigenvalue weighted by atomic mass is 127. The summed E-state index contributed by atoms with van der Waals surface area (Å²) in [5.74, 6) is 0. The molecule has 0 aromatic heterocycles. The summed E-state index contributed by atoms with van der Waals surface area (Å²) in [6.07, 6.45) is 0.0126. The molecule has 17 heavy (non-hydrogen) atoms. The minimum atomic E-state index is -0.210. The van der Waals surface area contributed by atoms with Gasteiger partial charge >= 0.3 is 6.03 Å². The molecule has 0 unspecified atom stereocenters.